The normalized spacial score (nSPS) is 18.6. The molecule has 0 heterocycles. The van der Waals surface area contributed by atoms with Crippen LogP contribution >= 0.6 is 0 Å². The number of hydrogen-bond acceptors (Lipinski definition) is 2. The van der Waals surface area contributed by atoms with Crippen molar-refractivity contribution in [2.24, 2.45) is 11.3 Å². The van der Waals surface area contributed by atoms with Gasteiger partial charge in [0.05, 0.1) is 0 Å². The van der Waals surface area contributed by atoms with Crippen LogP contribution in [0.15, 0.2) is 0 Å². The largest absolute Gasteiger partial charge is 0.315 e. The molecule has 0 amide bonds. The van der Waals surface area contributed by atoms with Gasteiger partial charge >= 0.3 is 0 Å². The third-order valence-corrected chi connectivity index (χ3v) is 3.32. The molecule has 1 rings (SSSR count). The predicted molar refractivity (Wildman–Crippen MR) is 71.8 cm³/mol. The minimum absolute atomic E-state index is 0.417. The standard InChI is InChI=1S/C14H30N2/c1-14(2,3)12-16(4)10-9-15-11-13-7-5-6-8-13/h13,15H,5-12H2,1-4H3. The molecule has 0 aromatic rings. The lowest BCUT2D eigenvalue weighted by Gasteiger charge is -2.26. The number of rotatable bonds is 6. The van der Waals surface area contributed by atoms with Gasteiger partial charge in [-0.2, -0.15) is 0 Å². The van der Waals surface area contributed by atoms with Crippen molar-refractivity contribution in [2.75, 3.05) is 33.2 Å². The van der Waals surface area contributed by atoms with Crippen molar-refractivity contribution in [3.8, 4) is 0 Å². The van der Waals surface area contributed by atoms with Crippen LogP contribution in [-0.2, 0) is 0 Å². The van der Waals surface area contributed by atoms with Crippen molar-refractivity contribution >= 4 is 0 Å². The highest BCUT2D eigenvalue weighted by atomic mass is 15.1. The van der Waals surface area contributed by atoms with E-state index in [1.807, 2.05) is 0 Å². The Morgan fingerprint density at radius 1 is 1.19 bits per heavy atom. The second-order valence-corrected chi connectivity index (χ2v) is 6.65. The molecule has 1 aliphatic carbocycles. The van der Waals surface area contributed by atoms with Crippen LogP contribution in [0.5, 0.6) is 0 Å². The number of hydrogen-bond donors (Lipinski definition) is 1. The van der Waals surface area contributed by atoms with Gasteiger partial charge in [-0.15, -0.1) is 0 Å². The van der Waals surface area contributed by atoms with Crippen LogP contribution in [0, 0.1) is 11.3 Å². The van der Waals surface area contributed by atoms with Crippen molar-refractivity contribution in [3.05, 3.63) is 0 Å². The van der Waals surface area contributed by atoms with Gasteiger partial charge in [0.1, 0.15) is 0 Å². The first-order chi connectivity index (χ1) is 7.47. The van der Waals surface area contributed by atoms with Crippen molar-refractivity contribution in [1.82, 2.24) is 10.2 Å². The second-order valence-electron chi connectivity index (χ2n) is 6.65. The SMILES string of the molecule is CN(CCNCC1CCCC1)CC(C)(C)C. The quantitative estimate of drug-likeness (QED) is 0.701. The lowest BCUT2D eigenvalue weighted by Crippen LogP contribution is -2.35. The Bertz CT molecular complexity index is 178. The first kappa shape index (κ1) is 14.0. The molecule has 0 bridgehead atoms. The molecule has 2 heteroatoms. The molecule has 1 saturated carbocycles. The van der Waals surface area contributed by atoms with E-state index in [2.05, 4.69) is 38.0 Å². The Hall–Kier alpha value is -0.0800. The van der Waals surface area contributed by atoms with Gasteiger partial charge in [0, 0.05) is 19.6 Å². The highest BCUT2D eigenvalue weighted by Crippen LogP contribution is 2.23. The van der Waals surface area contributed by atoms with Crippen LogP contribution in [0.25, 0.3) is 0 Å². The van der Waals surface area contributed by atoms with Crippen LogP contribution < -0.4 is 5.32 Å². The summed E-state index contributed by atoms with van der Waals surface area (Å²) >= 11 is 0. The maximum atomic E-state index is 3.60. The maximum Gasteiger partial charge on any atom is 0.0104 e. The van der Waals surface area contributed by atoms with Gasteiger partial charge in [-0.3, -0.25) is 0 Å². The van der Waals surface area contributed by atoms with Gasteiger partial charge in [0.15, 0.2) is 0 Å². The maximum absolute atomic E-state index is 3.60. The summed E-state index contributed by atoms with van der Waals surface area (Å²) in [7, 11) is 2.22. The summed E-state index contributed by atoms with van der Waals surface area (Å²) in [6.45, 7) is 11.6. The molecule has 1 fully saturated rings. The molecule has 0 saturated heterocycles. The highest BCUT2D eigenvalue weighted by Gasteiger charge is 2.15. The summed E-state index contributed by atoms with van der Waals surface area (Å²) in [5.41, 5.74) is 0.417. The van der Waals surface area contributed by atoms with Crippen LogP contribution in [0.2, 0.25) is 0 Å². The zero-order chi connectivity index (χ0) is 12.0. The highest BCUT2D eigenvalue weighted by molar-refractivity contribution is 4.71. The smallest absolute Gasteiger partial charge is 0.0104 e. The van der Waals surface area contributed by atoms with Gasteiger partial charge in [-0.25, -0.2) is 0 Å². The Labute approximate surface area is 102 Å². The van der Waals surface area contributed by atoms with Crippen LogP contribution in [-0.4, -0.2) is 38.1 Å². The van der Waals surface area contributed by atoms with E-state index in [9.17, 15) is 0 Å². The lowest BCUT2D eigenvalue weighted by atomic mass is 9.96. The topological polar surface area (TPSA) is 15.3 Å². The number of likely N-dealkylation sites (N-methyl/N-ethyl adjacent to an activating group) is 1. The Balaban J connectivity index is 1.97. The van der Waals surface area contributed by atoms with E-state index in [1.165, 1.54) is 45.3 Å². The molecule has 0 radical (unpaired) electrons. The lowest BCUT2D eigenvalue weighted by molar-refractivity contribution is 0.226. The summed E-state index contributed by atoms with van der Waals surface area (Å²) in [4.78, 5) is 2.43. The van der Waals surface area contributed by atoms with Crippen molar-refractivity contribution in [2.45, 2.75) is 46.5 Å². The Morgan fingerprint density at radius 2 is 1.81 bits per heavy atom. The van der Waals surface area contributed by atoms with Crippen molar-refractivity contribution < 1.29 is 0 Å². The molecular formula is C14H30N2. The molecule has 0 atom stereocenters. The zero-order valence-corrected chi connectivity index (χ0v) is 11.7. The zero-order valence-electron chi connectivity index (χ0n) is 11.7. The predicted octanol–water partition coefficient (Wildman–Crippen LogP) is 2.74. The molecular weight excluding hydrogens is 196 g/mol. The number of nitrogens with zero attached hydrogens (tertiary/aromatic N) is 1. The van der Waals surface area contributed by atoms with Crippen LogP contribution in [0.4, 0.5) is 0 Å². The molecule has 96 valence electrons. The van der Waals surface area contributed by atoms with Gasteiger partial charge in [0.25, 0.3) is 0 Å². The van der Waals surface area contributed by atoms with E-state index in [1.54, 1.807) is 0 Å². The first-order valence-electron chi connectivity index (χ1n) is 6.87. The summed E-state index contributed by atoms with van der Waals surface area (Å²) in [6.07, 6.45) is 5.81. The molecule has 1 N–H and O–H groups in total. The second kappa shape index (κ2) is 6.61. The molecule has 0 spiro atoms. The van der Waals surface area contributed by atoms with E-state index in [0.29, 0.717) is 5.41 Å². The van der Waals surface area contributed by atoms with Crippen LogP contribution in [0.3, 0.4) is 0 Å². The van der Waals surface area contributed by atoms with Crippen molar-refractivity contribution in [3.63, 3.8) is 0 Å². The third-order valence-electron chi connectivity index (χ3n) is 3.32. The van der Waals surface area contributed by atoms with E-state index < -0.39 is 0 Å². The first-order valence-corrected chi connectivity index (χ1v) is 6.87. The minimum Gasteiger partial charge on any atom is -0.315 e. The van der Waals surface area contributed by atoms with E-state index in [4.69, 9.17) is 0 Å². The van der Waals surface area contributed by atoms with Crippen LogP contribution in [0.1, 0.15) is 46.5 Å². The summed E-state index contributed by atoms with van der Waals surface area (Å²) in [6, 6.07) is 0. The summed E-state index contributed by atoms with van der Waals surface area (Å²) in [5.74, 6) is 0.966. The Kier molecular flexibility index (Phi) is 5.77. The fraction of sp³-hybridized carbons (Fsp3) is 1.00. The molecule has 0 aromatic carbocycles. The Morgan fingerprint density at radius 3 is 2.38 bits per heavy atom. The van der Waals surface area contributed by atoms with Gasteiger partial charge < -0.3 is 10.2 Å². The van der Waals surface area contributed by atoms with Gasteiger partial charge in [0.2, 0.25) is 0 Å². The molecule has 0 aliphatic heterocycles. The monoisotopic (exact) mass is 226 g/mol. The summed E-state index contributed by atoms with van der Waals surface area (Å²) < 4.78 is 0. The minimum atomic E-state index is 0.417. The molecule has 2 nitrogen and oxygen atoms in total. The average molecular weight is 226 g/mol. The van der Waals surface area contributed by atoms with Gasteiger partial charge in [-0.1, -0.05) is 33.6 Å². The molecule has 0 unspecified atom stereocenters. The van der Waals surface area contributed by atoms with E-state index >= 15 is 0 Å². The fourth-order valence-electron chi connectivity index (χ4n) is 2.68. The molecule has 1 aliphatic rings. The average Bonchev–Trinajstić information content (AvgIpc) is 2.62. The summed E-state index contributed by atoms with van der Waals surface area (Å²) in [5, 5.41) is 3.60. The third kappa shape index (κ3) is 6.49. The van der Waals surface area contributed by atoms with E-state index in [-0.39, 0.29) is 0 Å². The number of nitrogens with one attached hydrogen (secondary N) is 1. The van der Waals surface area contributed by atoms with Gasteiger partial charge in [-0.05, 0) is 37.8 Å². The van der Waals surface area contributed by atoms with Crippen molar-refractivity contribution in [1.29, 1.82) is 0 Å². The van der Waals surface area contributed by atoms with E-state index in [0.717, 1.165) is 12.5 Å². The molecule has 0 aromatic heterocycles. The fourth-order valence-corrected chi connectivity index (χ4v) is 2.68. The molecule has 16 heavy (non-hydrogen) atoms.